The highest BCUT2D eigenvalue weighted by Crippen LogP contribution is 2.27. The van der Waals surface area contributed by atoms with Crippen LogP contribution in [0, 0.1) is 18.3 Å². The van der Waals surface area contributed by atoms with Crippen molar-refractivity contribution in [3.8, 4) is 17.5 Å². The van der Waals surface area contributed by atoms with Crippen molar-refractivity contribution < 1.29 is 4.79 Å². The highest BCUT2D eigenvalue weighted by molar-refractivity contribution is 6.42. The summed E-state index contributed by atoms with van der Waals surface area (Å²) in [5.41, 5.74) is 0.707. The molecule has 1 amide bonds. The molecule has 0 radical (unpaired) electrons. The normalized spacial score (nSPS) is 10.2. The highest BCUT2D eigenvalue weighted by atomic mass is 35.5. The summed E-state index contributed by atoms with van der Waals surface area (Å²) in [5, 5.41) is 15.9. The second kappa shape index (κ2) is 6.57. The number of amides is 1. The molecule has 108 valence electrons. The van der Waals surface area contributed by atoms with Gasteiger partial charge in [0.25, 0.3) is 0 Å². The predicted molar refractivity (Wildman–Crippen MR) is 78.8 cm³/mol. The average Bonchev–Trinajstić information content (AvgIpc) is 2.80. The number of hydrogen-bond donors (Lipinski definition) is 1. The summed E-state index contributed by atoms with van der Waals surface area (Å²) in [6, 6.07) is 6.91. The lowest BCUT2D eigenvalue weighted by molar-refractivity contribution is -0.121. The van der Waals surface area contributed by atoms with Crippen LogP contribution in [0.2, 0.25) is 10.0 Å². The summed E-state index contributed by atoms with van der Waals surface area (Å²) in [6.45, 7) is 1.65. The summed E-state index contributed by atoms with van der Waals surface area (Å²) >= 11 is 11.9. The third kappa shape index (κ3) is 3.72. The minimum atomic E-state index is -0.317. The molecule has 0 aliphatic carbocycles. The summed E-state index contributed by atoms with van der Waals surface area (Å²) in [6.07, 6.45) is 0. The first-order chi connectivity index (χ1) is 10.0. The Morgan fingerprint density at radius 3 is 2.86 bits per heavy atom. The van der Waals surface area contributed by atoms with Gasteiger partial charge in [0.15, 0.2) is 5.82 Å². The number of aromatic nitrogens is 3. The van der Waals surface area contributed by atoms with Gasteiger partial charge in [-0.25, -0.2) is 9.67 Å². The molecule has 0 bridgehead atoms. The van der Waals surface area contributed by atoms with E-state index in [-0.39, 0.29) is 19.0 Å². The van der Waals surface area contributed by atoms with Crippen LogP contribution in [0.5, 0.6) is 0 Å². The predicted octanol–water partition coefficient (Wildman–Crippen LogP) is 2.20. The zero-order valence-electron chi connectivity index (χ0n) is 11.1. The van der Waals surface area contributed by atoms with Crippen molar-refractivity contribution in [1.29, 1.82) is 5.26 Å². The van der Waals surface area contributed by atoms with Crippen molar-refractivity contribution in [3.05, 3.63) is 34.1 Å². The third-order valence-corrected chi connectivity index (χ3v) is 3.35. The van der Waals surface area contributed by atoms with Gasteiger partial charge < -0.3 is 5.32 Å². The van der Waals surface area contributed by atoms with Crippen molar-refractivity contribution in [3.63, 3.8) is 0 Å². The first-order valence-corrected chi connectivity index (χ1v) is 6.77. The molecule has 6 nitrogen and oxygen atoms in total. The molecule has 21 heavy (non-hydrogen) atoms. The van der Waals surface area contributed by atoms with Crippen molar-refractivity contribution in [2.24, 2.45) is 0 Å². The van der Waals surface area contributed by atoms with Gasteiger partial charge in [-0.15, -0.1) is 0 Å². The first-order valence-electron chi connectivity index (χ1n) is 6.02. The number of carbonyl (C=O) groups excluding carboxylic acids is 1. The van der Waals surface area contributed by atoms with E-state index in [0.717, 1.165) is 0 Å². The fourth-order valence-corrected chi connectivity index (χ4v) is 2.04. The van der Waals surface area contributed by atoms with Crippen LogP contribution in [0.15, 0.2) is 18.2 Å². The number of benzene rings is 1. The lowest BCUT2D eigenvalue weighted by Crippen LogP contribution is -2.28. The zero-order valence-corrected chi connectivity index (χ0v) is 12.6. The number of nitriles is 1. The summed E-state index contributed by atoms with van der Waals surface area (Å²) in [7, 11) is 0. The zero-order chi connectivity index (χ0) is 15.4. The van der Waals surface area contributed by atoms with E-state index >= 15 is 0 Å². The minimum absolute atomic E-state index is 0.0297. The lowest BCUT2D eigenvalue weighted by atomic mass is 10.2. The second-order valence-corrected chi connectivity index (χ2v) is 5.02. The standard InChI is InChI=1S/C13H11Cl2N5O/c1-8-18-13(9-2-3-10(14)11(15)6-9)20(19-8)7-12(21)17-5-4-16/h2-3,6H,5,7H2,1H3,(H,17,21). The van der Waals surface area contributed by atoms with Crippen molar-refractivity contribution >= 4 is 29.1 Å². The number of rotatable bonds is 4. The average molecular weight is 324 g/mol. The van der Waals surface area contributed by atoms with Gasteiger partial charge in [-0.3, -0.25) is 4.79 Å². The highest BCUT2D eigenvalue weighted by Gasteiger charge is 2.14. The van der Waals surface area contributed by atoms with Gasteiger partial charge in [-0.1, -0.05) is 23.2 Å². The largest absolute Gasteiger partial charge is 0.341 e. The van der Waals surface area contributed by atoms with E-state index in [2.05, 4.69) is 15.4 Å². The Morgan fingerprint density at radius 1 is 1.43 bits per heavy atom. The summed E-state index contributed by atoms with van der Waals surface area (Å²) in [4.78, 5) is 16.0. The summed E-state index contributed by atoms with van der Waals surface area (Å²) < 4.78 is 1.46. The topological polar surface area (TPSA) is 83.6 Å². The van der Waals surface area contributed by atoms with Gasteiger partial charge in [0.05, 0.1) is 16.1 Å². The third-order valence-electron chi connectivity index (χ3n) is 2.61. The van der Waals surface area contributed by atoms with Crippen LogP contribution < -0.4 is 5.32 Å². The van der Waals surface area contributed by atoms with Crippen LogP contribution in [-0.4, -0.2) is 27.2 Å². The molecule has 0 atom stereocenters. The Hall–Kier alpha value is -2.10. The molecule has 1 N–H and O–H groups in total. The fraction of sp³-hybridized carbons (Fsp3) is 0.231. The number of aryl methyl sites for hydroxylation is 1. The Labute approximate surface area is 131 Å². The molecule has 0 aliphatic rings. The molecule has 0 fully saturated rings. The van der Waals surface area contributed by atoms with Crippen LogP contribution in [-0.2, 0) is 11.3 Å². The molecule has 0 unspecified atom stereocenters. The molecule has 0 aliphatic heterocycles. The molecule has 0 spiro atoms. The van der Waals surface area contributed by atoms with Gasteiger partial charge in [-0.2, -0.15) is 10.4 Å². The molecule has 1 aromatic carbocycles. The number of nitrogens with one attached hydrogen (secondary N) is 1. The Kier molecular flexibility index (Phi) is 4.78. The Morgan fingerprint density at radius 2 is 2.19 bits per heavy atom. The van der Waals surface area contributed by atoms with Crippen LogP contribution >= 0.6 is 23.2 Å². The van der Waals surface area contributed by atoms with E-state index in [1.807, 2.05) is 6.07 Å². The SMILES string of the molecule is Cc1nc(-c2ccc(Cl)c(Cl)c2)n(CC(=O)NCC#N)n1. The van der Waals surface area contributed by atoms with Crippen LogP contribution in [0.4, 0.5) is 0 Å². The van der Waals surface area contributed by atoms with Crippen molar-refractivity contribution in [2.45, 2.75) is 13.5 Å². The quantitative estimate of drug-likeness (QED) is 0.874. The van der Waals surface area contributed by atoms with E-state index < -0.39 is 0 Å². The molecular formula is C13H11Cl2N5O. The monoisotopic (exact) mass is 323 g/mol. The van der Waals surface area contributed by atoms with E-state index in [4.69, 9.17) is 28.5 Å². The van der Waals surface area contributed by atoms with Gasteiger partial charge in [0.2, 0.25) is 5.91 Å². The van der Waals surface area contributed by atoms with Gasteiger partial charge in [0.1, 0.15) is 18.9 Å². The van der Waals surface area contributed by atoms with E-state index in [9.17, 15) is 4.79 Å². The van der Waals surface area contributed by atoms with Crippen LogP contribution in [0.25, 0.3) is 11.4 Å². The Bertz CT molecular complexity index is 720. The Balaban J connectivity index is 2.30. The van der Waals surface area contributed by atoms with Crippen LogP contribution in [0.3, 0.4) is 0 Å². The van der Waals surface area contributed by atoms with Gasteiger partial charge >= 0.3 is 0 Å². The maximum Gasteiger partial charge on any atom is 0.242 e. The molecule has 8 heteroatoms. The molecule has 1 aromatic heterocycles. The summed E-state index contributed by atoms with van der Waals surface area (Å²) in [5.74, 6) is 0.727. The molecule has 2 rings (SSSR count). The molecule has 1 heterocycles. The van der Waals surface area contributed by atoms with E-state index in [0.29, 0.717) is 27.3 Å². The van der Waals surface area contributed by atoms with Gasteiger partial charge in [0, 0.05) is 5.56 Å². The van der Waals surface area contributed by atoms with Crippen molar-refractivity contribution in [2.75, 3.05) is 6.54 Å². The molecular weight excluding hydrogens is 313 g/mol. The van der Waals surface area contributed by atoms with Crippen LogP contribution in [0.1, 0.15) is 5.82 Å². The number of hydrogen-bond acceptors (Lipinski definition) is 4. The molecule has 0 saturated carbocycles. The molecule has 2 aromatic rings. The fourth-order valence-electron chi connectivity index (χ4n) is 1.74. The lowest BCUT2D eigenvalue weighted by Gasteiger charge is -2.06. The second-order valence-electron chi connectivity index (χ2n) is 4.20. The van der Waals surface area contributed by atoms with Gasteiger partial charge in [-0.05, 0) is 25.1 Å². The first kappa shape index (κ1) is 15.3. The minimum Gasteiger partial charge on any atom is -0.341 e. The maximum atomic E-state index is 11.7. The number of carbonyl (C=O) groups is 1. The maximum absolute atomic E-state index is 11.7. The molecule has 0 saturated heterocycles. The number of nitrogens with zero attached hydrogens (tertiary/aromatic N) is 4. The van der Waals surface area contributed by atoms with E-state index in [1.165, 1.54) is 4.68 Å². The van der Waals surface area contributed by atoms with Crippen molar-refractivity contribution in [1.82, 2.24) is 20.1 Å². The smallest absolute Gasteiger partial charge is 0.242 e. The van der Waals surface area contributed by atoms with E-state index in [1.54, 1.807) is 25.1 Å². The number of halogens is 2.